The number of likely N-dealkylation sites (tertiary alicyclic amines) is 1. The van der Waals surface area contributed by atoms with Crippen LogP contribution in [-0.2, 0) is 17.9 Å². The highest BCUT2D eigenvalue weighted by atomic mass is 35.5. The Bertz CT molecular complexity index is 2200. The van der Waals surface area contributed by atoms with Crippen LogP contribution in [0.3, 0.4) is 0 Å². The Morgan fingerprint density at radius 2 is 1.78 bits per heavy atom. The van der Waals surface area contributed by atoms with Gasteiger partial charge in [-0.1, -0.05) is 48.0 Å². The van der Waals surface area contributed by atoms with Gasteiger partial charge < -0.3 is 20.3 Å². The second-order valence-electron chi connectivity index (χ2n) is 14.5. The SMILES string of the molecule is COc1nc(-c2cccc(-c3cccc(Nc4nc(C(F)F)nc5cc(CN6CC[C@@H](O)C6)cnc45)c3C)c2Cl)ccc1CN(C)C1CCC(C(=O)O)CC1. The van der Waals surface area contributed by atoms with Gasteiger partial charge >= 0.3 is 5.97 Å². The molecule has 1 saturated heterocycles. The molecule has 11 nitrogen and oxygen atoms in total. The maximum atomic E-state index is 14.1. The van der Waals surface area contributed by atoms with Crippen molar-refractivity contribution in [2.45, 2.75) is 70.7 Å². The molecule has 7 rings (SSSR count). The molecule has 1 aliphatic heterocycles. The van der Waals surface area contributed by atoms with E-state index in [4.69, 9.17) is 21.3 Å². The number of benzene rings is 2. The second kappa shape index (κ2) is 16.5. The van der Waals surface area contributed by atoms with E-state index in [9.17, 15) is 23.8 Å². The number of aliphatic hydroxyl groups excluding tert-OH is 1. The smallest absolute Gasteiger partial charge is 0.306 e. The number of carboxylic acid groups (broad SMARTS) is 1. The summed E-state index contributed by atoms with van der Waals surface area (Å²) >= 11 is 7.15. The number of nitrogens with one attached hydrogen (secondary N) is 1. The molecule has 0 spiro atoms. The largest absolute Gasteiger partial charge is 0.481 e. The van der Waals surface area contributed by atoms with Crippen molar-refractivity contribution in [3.63, 3.8) is 0 Å². The van der Waals surface area contributed by atoms with Crippen LogP contribution in [0, 0.1) is 12.8 Å². The molecular weight excluding hydrogens is 728 g/mol. The average Bonchev–Trinajstić information content (AvgIpc) is 3.59. The van der Waals surface area contributed by atoms with E-state index < -0.39 is 18.2 Å². The molecular formula is C41H44ClF2N7O4. The van der Waals surface area contributed by atoms with Crippen LogP contribution in [0.25, 0.3) is 33.4 Å². The highest BCUT2D eigenvalue weighted by molar-refractivity contribution is 6.36. The zero-order valence-corrected chi connectivity index (χ0v) is 31.7. The van der Waals surface area contributed by atoms with Crippen molar-refractivity contribution in [3.05, 3.63) is 88.3 Å². The topological polar surface area (TPSA) is 137 Å². The van der Waals surface area contributed by atoms with Crippen LogP contribution in [-0.4, -0.2) is 85.3 Å². The molecule has 1 aliphatic carbocycles. The van der Waals surface area contributed by atoms with E-state index in [1.165, 1.54) is 0 Å². The molecule has 0 unspecified atom stereocenters. The highest BCUT2D eigenvalue weighted by Crippen LogP contribution is 2.40. The van der Waals surface area contributed by atoms with Gasteiger partial charge in [-0.2, -0.15) is 0 Å². The Morgan fingerprint density at radius 1 is 1.04 bits per heavy atom. The molecule has 0 amide bonds. The van der Waals surface area contributed by atoms with E-state index in [1.54, 1.807) is 19.4 Å². The van der Waals surface area contributed by atoms with Gasteiger partial charge in [0.15, 0.2) is 11.6 Å². The van der Waals surface area contributed by atoms with Crippen LogP contribution in [0.5, 0.6) is 5.88 Å². The van der Waals surface area contributed by atoms with Gasteiger partial charge in [0.25, 0.3) is 6.43 Å². The number of methoxy groups -OCH3 is 1. The average molecular weight is 772 g/mol. The fourth-order valence-corrected chi connectivity index (χ4v) is 8.09. The molecule has 2 aromatic carbocycles. The molecule has 3 aromatic heterocycles. The molecule has 2 fully saturated rings. The second-order valence-corrected chi connectivity index (χ2v) is 14.9. The highest BCUT2D eigenvalue weighted by Gasteiger charge is 2.29. The summed E-state index contributed by atoms with van der Waals surface area (Å²) in [4.78, 5) is 33.5. The number of anilines is 2. The van der Waals surface area contributed by atoms with Crippen LogP contribution >= 0.6 is 11.6 Å². The van der Waals surface area contributed by atoms with Gasteiger partial charge in [-0.3, -0.25) is 19.6 Å². The number of alkyl halides is 2. The zero-order valence-electron chi connectivity index (χ0n) is 31.0. The standard InChI is InChI=1S/C41H44ClF2N7O4/c1-23-29(6-5-9-32(23)46-38-36-34(47-39(49-38)37(43)44)18-24(19-45-36)20-51-17-16-28(52)22-51)30-7-4-8-31(35(30)42)33-15-12-26(40(48-33)55-3)21-50(2)27-13-10-25(11-14-27)41(53)54/h4-9,12,15,18-19,25,27-28,37,52H,10-11,13-14,16-17,20-22H2,1-3H3,(H,53,54)(H,46,47,49)/t25?,27?,28-/m1/s1. The number of aliphatic hydroxyl groups is 1. The van der Waals surface area contributed by atoms with Gasteiger partial charge in [0.05, 0.1) is 35.4 Å². The summed E-state index contributed by atoms with van der Waals surface area (Å²) in [6.45, 7) is 4.35. The summed E-state index contributed by atoms with van der Waals surface area (Å²) in [6.07, 6.45) is 2.14. The van der Waals surface area contributed by atoms with E-state index >= 15 is 0 Å². The van der Waals surface area contributed by atoms with Gasteiger partial charge in [0.2, 0.25) is 5.88 Å². The first kappa shape index (κ1) is 38.5. The van der Waals surface area contributed by atoms with Crippen molar-refractivity contribution in [2.75, 3.05) is 32.6 Å². The van der Waals surface area contributed by atoms with E-state index in [0.29, 0.717) is 77.8 Å². The molecule has 14 heteroatoms. The van der Waals surface area contributed by atoms with Gasteiger partial charge in [-0.15, -0.1) is 0 Å². The van der Waals surface area contributed by atoms with Crippen molar-refractivity contribution < 1.29 is 28.5 Å². The number of aliphatic carboxylic acids is 1. The molecule has 3 N–H and O–H groups in total. The van der Waals surface area contributed by atoms with Crippen LogP contribution < -0.4 is 10.1 Å². The molecule has 1 atom stereocenters. The minimum atomic E-state index is -2.89. The Morgan fingerprint density at radius 3 is 2.49 bits per heavy atom. The molecule has 2 aliphatic rings. The lowest BCUT2D eigenvalue weighted by atomic mass is 9.85. The van der Waals surface area contributed by atoms with Crippen molar-refractivity contribution in [3.8, 4) is 28.3 Å². The van der Waals surface area contributed by atoms with Crippen molar-refractivity contribution in [1.29, 1.82) is 0 Å². The number of β-amino-alcohol motifs (C(OH)–C–C–N with tert-alkyl or cyclic N) is 1. The molecule has 1 saturated carbocycles. The monoisotopic (exact) mass is 771 g/mol. The number of ether oxygens (including phenoxy) is 1. The number of carboxylic acids is 1. The number of nitrogens with zero attached hydrogens (tertiary/aromatic N) is 6. The fraction of sp³-hybridized carbons (Fsp3) is 0.390. The Hall–Kier alpha value is -4.82. The Kier molecular flexibility index (Phi) is 11.5. The zero-order chi connectivity index (χ0) is 38.8. The number of hydrogen-bond acceptors (Lipinski definition) is 10. The van der Waals surface area contributed by atoms with Crippen molar-refractivity contribution >= 4 is 40.1 Å². The van der Waals surface area contributed by atoms with E-state index in [0.717, 1.165) is 47.2 Å². The maximum absolute atomic E-state index is 14.1. The lowest BCUT2D eigenvalue weighted by molar-refractivity contribution is -0.143. The van der Waals surface area contributed by atoms with E-state index in [2.05, 4.69) is 30.1 Å². The van der Waals surface area contributed by atoms with Gasteiger partial charge in [-0.25, -0.2) is 23.7 Å². The molecule has 5 aromatic rings. The lowest BCUT2D eigenvalue weighted by Crippen LogP contribution is -2.36. The lowest BCUT2D eigenvalue weighted by Gasteiger charge is -2.33. The third kappa shape index (κ3) is 8.40. The predicted molar refractivity (Wildman–Crippen MR) is 208 cm³/mol. The molecule has 288 valence electrons. The first-order valence-corrected chi connectivity index (χ1v) is 18.8. The summed E-state index contributed by atoms with van der Waals surface area (Å²) in [6, 6.07) is 17.4. The van der Waals surface area contributed by atoms with Gasteiger partial charge in [-0.05, 0) is 81.0 Å². The first-order chi connectivity index (χ1) is 26.5. The van der Waals surface area contributed by atoms with E-state index in [1.807, 2.05) is 62.5 Å². The summed E-state index contributed by atoms with van der Waals surface area (Å²) in [5, 5.41) is 23.1. The number of halogens is 3. The molecule has 55 heavy (non-hydrogen) atoms. The third-order valence-electron chi connectivity index (χ3n) is 10.8. The Labute approximate surface area is 323 Å². The third-order valence-corrected chi connectivity index (χ3v) is 11.2. The number of pyridine rings is 2. The quantitative estimate of drug-likeness (QED) is 0.114. The van der Waals surface area contributed by atoms with Crippen molar-refractivity contribution in [1.82, 2.24) is 29.7 Å². The minimum absolute atomic E-state index is 0.165. The summed E-state index contributed by atoms with van der Waals surface area (Å²) in [5.74, 6) is -0.924. The van der Waals surface area contributed by atoms with Crippen LogP contribution in [0.1, 0.15) is 61.0 Å². The number of hydrogen-bond donors (Lipinski definition) is 3. The summed E-state index contributed by atoms with van der Waals surface area (Å²) < 4.78 is 33.8. The van der Waals surface area contributed by atoms with Crippen LogP contribution in [0.15, 0.2) is 60.8 Å². The number of rotatable bonds is 12. The molecule has 0 bridgehead atoms. The summed E-state index contributed by atoms with van der Waals surface area (Å²) in [5.41, 5.74) is 6.80. The summed E-state index contributed by atoms with van der Waals surface area (Å²) in [7, 11) is 3.64. The minimum Gasteiger partial charge on any atom is -0.481 e. The normalized spacial score (nSPS) is 19.0. The molecule has 0 radical (unpaired) electrons. The number of aromatic nitrogens is 4. The Balaban J connectivity index is 1.14. The van der Waals surface area contributed by atoms with Gasteiger partial charge in [0, 0.05) is 60.8 Å². The van der Waals surface area contributed by atoms with Crippen molar-refractivity contribution in [2.24, 2.45) is 5.92 Å². The first-order valence-electron chi connectivity index (χ1n) is 18.5. The van der Waals surface area contributed by atoms with E-state index in [-0.39, 0.29) is 23.9 Å². The fourth-order valence-electron chi connectivity index (χ4n) is 7.77. The number of carbonyl (C=O) groups is 1. The predicted octanol–water partition coefficient (Wildman–Crippen LogP) is 8.05. The molecule has 4 heterocycles. The maximum Gasteiger partial charge on any atom is 0.306 e. The number of fused-ring (bicyclic) bond motifs is 1. The van der Waals surface area contributed by atoms with Crippen LogP contribution in [0.4, 0.5) is 20.3 Å². The van der Waals surface area contributed by atoms with Crippen LogP contribution in [0.2, 0.25) is 5.02 Å². The van der Waals surface area contributed by atoms with Gasteiger partial charge in [0.1, 0.15) is 5.52 Å².